The van der Waals surface area contributed by atoms with Crippen LogP contribution in [-0.2, 0) is 4.79 Å². The van der Waals surface area contributed by atoms with Crippen LogP contribution >= 0.6 is 0 Å². The van der Waals surface area contributed by atoms with Crippen LogP contribution in [0.4, 0.5) is 5.69 Å². The molecule has 0 spiro atoms. The fourth-order valence-electron chi connectivity index (χ4n) is 4.08. The topological polar surface area (TPSA) is 46.4 Å². The molecular weight excluding hydrogens is 334 g/mol. The second-order valence-electron chi connectivity index (χ2n) is 7.72. The normalized spacial score (nSPS) is 15.1. The fourth-order valence-corrected chi connectivity index (χ4v) is 4.08. The molecular formula is C23H27N3O. The van der Waals surface area contributed by atoms with Gasteiger partial charge in [-0.3, -0.25) is 4.79 Å². The Morgan fingerprint density at radius 2 is 2.04 bits per heavy atom. The van der Waals surface area contributed by atoms with Crippen molar-refractivity contribution in [3.05, 3.63) is 54.4 Å². The quantitative estimate of drug-likeness (QED) is 0.642. The lowest BCUT2D eigenvalue weighted by molar-refractivity contribution is -0.116. The summed E-state index contributed by atoms with van der Waals surface area (Å²) in [6.07, 6.45) is 12.3. The number of carbonyl (C=O) groups excluding carboxylic acids is 1. The Morgan fingerprint density at radius 3 is 2.85 bits per heavy atom. The van der Waals surface area contributed by atoms with Gasteiger partial charge in [0.1, 0.15) is 5.65 Å². The zero-order chi connectivity index (χ0) is 18.6. The van der Waals surface area contributed by atoms with Crippen LogP contribution in [0.25, 0.3) is 16.9 Å². The average Bonchev–Trinajstić information content (AvgIpc) is 3.13. The first-order chi connectivity index (χ1) is 13.2. The summed E-state index contributed by atoms with van der Waals surface area (Å²) in [5, 5.41) is 3.06. The molecule has 0 atom stereocenters. The average molecular weight is 361 g/mol. The number of aryl methyl sites for hydroxylation is 1. The standard InChI is InChI=1S/C23H27N3O/c1-17-7-6-14-26-16-21(25-23(17)26)19-10-5-11-20(15-19)24-22(27)13-12-18-8-3-2-4-9-18/h5-7,10-11,14-16,18H,2-4,8-9,12-13H2,1H3,(H,24,27). The van der Waals surface area contributed by atoms with Crippen LogP contribution in [-0.4, -0.2) is 15.3 Å². The lowest BCUT2D eigenvalue weighted by Crippen LogP contribution is -2.14. The number of benzene rings is 1. The highest BCUT2D eigenvalue weighted by atomic mass is 16.1. The molecule has 27 heavy (non-hydrogen) atoms. The first-order valence-corrected chi connectivity index (χ1v) is 10.0. The van der Waals surface area contributed by atoms with Gasteiger partial charge in [-0.25, -0.2) is 4.98 Å². The number of anilines is 1. The lowest BCUT2D eigenvalue weighted by atomic mass is 9.86. The van der Waals surface area contributed by atoms with Crippen molar-refractivity contribution >= 4 is 17.2 Å². The smallest absolute Gasteiger partial charge is 0.224 e. The summed E-state index contributed by atoms with van der Waals surface area (Å²) < 4.78 is 2.04. The number of hydrogen-bond acceptors (Lipinski definition) is 2. The van der Waals surface area contributed by atoms with E-state index in [-0.39, 0.29) is 5.91 Å². The SMILES string of the molecule is Cc1cccn2cc(-c3cccc(NC(=O)CCC4CCCCC4)c3)nc12. The van der Waals surface area contributed by atoms with Gasteiger partial charge in [0, 0.05) is 30.1 Å². The maximum Gasteiger partial charge on any atom is 0.224 e. The number of nitrogens with zero attached hydrogens (tertiary/aromatic N) is 2. The number of carbonyl (C=O) groups is 1. The Bertz CT molecular complexity index is 938. The molecule has 3 aromatic rings. The summed E-state index contributed by atoms with van der Waals surface area (Å²) in [7, 11) is 0. The van der Waals surface area contributed by atoms with E-state index in [1.165, 1.54) is 32.1 Å². The Balaban J connectivity index is 1.43. The molecule has 0 aliphatic heterocycles. The second-order valence-corrected chi connectivity index (χ2v) is 7.72. The third kappa shape index (κ3) is 4.21. The molecule has 140 valence electrons. The van der Waals surface area contributed by atoms with Crippen LogP contribution in [0.3, 0.4) is 0 Å². The molecule has 1 N–H and O–H groups in total. The number of aromatic nitrogens is 2. The molecule has 4 nitrogen and oxygen atoms in total. The predicted octanol–water partition coefficient (Wildman–Crippen LogP) is 5.61. The van der Waals surface area contributed by atoms with Gasteiger partial charge in [-0.05, 0) is 43.0 Å². The maximum absolute atomic E-state index is 12.4. The second kappa shape index (κ2) is 7.95. The van der Waals surface area contributed by atoms with Crippen LogP contribution in [0.1, 0.15) is 50.5 Å². The van der Waals surface area contributed by atoms with E-state index in [4.69, 9.17) is 4.98 Å². The van der Waals surface area contributed by atoms with Crippen molar-refractivity contribution in [3.63, 3.8) is 0 Å². The Labute approximate surface area is 160 Å². The molecule has 4 heteroatoms. The first-order valence-electron chi connectivity index (χ1n) is 10.0. The molecule has 2 aromatic heterocycles. The summed E-state index contributed by atoms with van der Waals surface area (Å²) in [5.41, 5.74) is 4.89. The van der Waals surface area contributed by atoms with Gasteiger partial charge in [0.25, 0.3) is 0 Å². The Morgan fingerprint density at radius 1 is 1.19 bits per heavy atom. The van der Waals surface area contributed by atoms with E-state index in [0.717, 1.165) is 40.5 Å². The predicted molar refractivity (Wildman–Crippen MR) is 110 cm³/mol. The summed E-state index contributed by atoms with van der Waals surface area (Å²) >= 11 is 0. The monoisotopic (exact) mass is 361 g/mol. The van der Waals surface area contributed by atoms with Gasteiger partial charge in [0.15, 0.2) is 0 Å². The van der Waals surface area contributed by atoms with Crippen molar-refractivity contribution in [1.29, 1.82) is 0 Å². The van der Waals surface area contributed by atoms with E-state index in [2.05, 4.69) is 18.3 Å². The van der Waals surface area contributed by atoms with Gasteiger partial charge in [0.05, 0.1) is 5.69 Å². The van der Waals surface area contributed by atoms with E-state index in [9.17, 15) is 4.79 Å². The van der Waals surface area contributed by atoms with Gasteiger partial charge in [0.2, 0.25) is 5.91 Å². The fraction of sp³-hybridized carbons (Fsp3) is 0.391. The Kier molecular flexibility index (Phi) is 5.23. The first kappa shape index (κ1) is 17.8. The van der Waals surface area contributed by atoms with E-state index in [1.54, 1.807) is 0 Å². The van der Waals surface area contributed by atoms with Crippen LogP contribution in [0.15, 0.2) is 48.8 Å². The summed E-state index contributed by atoms with van der Waals surface area (Å²) in [6, 6.07) is 12.1. The highest BCUT2D eigenvalue weighted by Crippen LogP contribution is 2.28. The molecule has 1 saturated carbocycles. The zero-order valence-electron chi connectivity index (χ0n) is 15.9. The highest BCUT2D eigenvalue weighted by Gasteiger charge is 2.15. The number of rotatable bonds is 5. The van der Waals surface area contributed by atoms with Crippen LogP contribution in [0, 0.1) is 12.8 Å². The largest absolute Gasteiger partial charge is 0.326 e. The van der Waals surface area contributed by atoms with E-state index >= 15 is 0 Å². The number of fused-ring (bicyclic) bond motifs is 1. The van der Waals surface area contributed by atoms with Crippen LogP contribution in [0.5, 0.6) is 0 Å². The van der Waals surface area contributed by atoms with Gasteiger partial charge in [-0.2, -0.15) is 0 Å². The summed E-state index contributed by atoms with van der Waals surface area (Å²) in [5.74, 6) is 0.848. The van der Waals surface area contributed by atoms with E-state index in [0.29, 0.717) is 6.42 Å². The van der Waals surface area contributed by atoms with E-state index < -0.39 is 0 Å². The molecule has 4 rings (SSSR count). The highest BCUT2D eigenvalue weighted by molar-refractivity contribution is 5.91. The molecule has 1 aliphatic carbocycles. The minimum atomic E-state index is 0.114. The maximum atomic E-state index is 12.4. The molecule has 0 unspecified atom stereocenters. The number of hydrogen-bond donors (Lipinski definition) is 1. The molecule has 1 amide bonds. The molecule has 0 bridgehead atoms. The zero-order valence-corrected chi connectivity index (χ0v) is 15.9. The van der Waals surface area contributed by atoms with Crippen molar-refractivity contribution in [2.75, 3.05) is 5.32 Å². The third-order valence-corrected chi connectivity index (χ3v) is 5.62. The third-order valence-electron chi connectivity index (χ3n) is 5.62. The number of amides is 1. The van der Waals surface area contributed by atoms with Gasteiger partial charge < -0.3 is 9.72 Å². The molecule has 0 radical (unpaired) electrons. The molecule has 2 heterocycles. The van der Waals surface area contributed by atoms with Crippen molar-refractivity contribution in [2.45, 2.75) is 51.9 Å². The summed E-state index contributed by atoms with van der Waals surface area (Å²) in [6.45, 7) is 2.06. The molecule has 1 fully saturated rings. The number of imidazole rings is 1. The lowest BCUT2D eigenvalue weighted by Gasteiger charge is -2.21. The molecule has 0 saturated heterocycles. The Hall–Kier alpha value is -2.62. The number of nitrogens with one attached hydrogen (secondary N) is 1. The van der Waals surface area contributed by atoms with Gasteiger partial charge in [-0.15, -0.1) is 0 Å². The van der Waals surface area contributed by atoms with Gasteiger partial charge >= 0.3 is 0 Å². The van der Waals surface area contributed by atoms with Crippen LogP contribution < -0.4 is 5.32 Å². The van der Waals surface area contributed by atoms with Gasteiger partial charge in [-0.1, -0.05) is 50.3 Å². The van der Waals surface area contributed by atoms with Crippen molar-refractivity contribution in [3.8, 4) is 11.3 Å². The molecule has 1 aromatic carbocycles. The van der Waals surface area contributed by atoms with Crippen molar-refractivity contribution < 1.29 is 4.79 Å². The van der Waals surface area contributed by atoms with E-state index in [1.807, 2.05) is 47.1 Å². The van der Waals surface area contributed by atoms with Crippen LogP contribution in [0.2, 0.25) is 0 Å². The minimum Gasteiger partial charge on any atom is -0.326 e. The van der Waals surface area contributed by atoms with Crippen molar-refractivity contribution in [2.24, 2.45) is 5.92 Å². The molecule has 1 aliphatic rings. The minimum absolute atomic E-state index is 0.114. The van der Waals surface area contributed by atoms with Crippen molar-refractivity contribution in [1.82, 2.24) is 9.38 Å². The summed E-state index contributed by atoms with van der Waals surface area (Å²) in [4.78, 5) is 17.1. The number of pyridine rings is 1.